The molecule has 5 nitrogen and oxygen atoms in total. The number of rotatable bonds is 4. The van der Waals surface area contributed by atoms with Gasteiger partial charge in [-0.3, -0.25) is 4.79 Å². The van der Waals surface area contributed by atoms with Crippen molar-refractivity contribution in [2.45, 2.75) is 6.54 Å². The van der Waals surface area contributed by atoms with E-state index in [2.05, 4.69) is 10.3 Å². The number of hydrogen-bond donors (Lipinski definition) is 0. The second-order valence-corrected chi connectivity index (χ2v) is 4.72. The monoisotopic (exact) mass is 279 g/mol. The average Bonchev–Trinajstić information content (AvgIpc) is 2.89. The number of hydrogen-bond acceptors (Lipinski definition) is 3. The van der Waals surface area contributed by atoms with E-state index in [9.17, 15) is 4.79 Å². The van der Waals surface area contributed by atoms with Gasteiger partial charge in [0, 0.05) is 5.56 Å². The fraction of sp³-hybridized carbons (Fsp3) is 0.125. The van der Waals surface area contributed by atoms with Gasteiger partial charge in [0.1, 0.15) is 0 Å². The summed E-state index contributed by atoms with van der Waals surface area (Å²) in [6.45, 7) is 0.130. The summed E-state index contributed by atoms with van der Waals surface area (Å²) in [5.74, 6) is 0.724. The lowest BCUT2D eigenvalue weighted by Gasteiger charge is -1.94. The molecule has 5 heteroatoms. The Morgan fingerprint density at radius 3 is 2.33 bits per heavy atom. The molecule has 0 saturated carbocycles. The van der Waals surface area contributed by atoms with Crippen LogP contribution in [0.15, 0.2) is 60.7 Å². The van der Waals surface area contributed by atoms with Crippen LogP contribution in [0.2, 0.25) is 0 Å². The Balaban J connectivity index is 1.84. The van der Waals surface area contributed by atoms with E-state index in [4.69, 9.17) is 0 Å². The Labute approximate surface area is 122 Å². The number of carbonyl (C=O) groups is 1. The smallest absolute Gasteiger partial charge is 0.290 e. The molecule has 0 spiro atoms. The molecule has 2 aromatic carbocycles. The molecular weight excluding hydrogens is 264 g/mol. The van der Waals surface area contributed by atoms with Crippen LogP contribution >= 0.6 is 0 Å². The van der Waals surface area contributed by atoms with Crippen LogP contribution < -0.4 is 4.68 Å². The van der Waals surface area contributed by atoms with E-state index in [0.717, 1.165) is 11.4 Å². The number of benzene rings is 2. The third-order valence-corrected chi connectivity index (χ3v) is 3.17. The summed E-state index contributed by atoms with van der Waals surface area (Å²) in [4.78, 5) is 13.6. The minimum Gasteiger partial charge on any atom is -0.290 e. The molecule has 1 aromatic heterocycles. The Kier molecular flexibility index (Phi) is 3.55. The summed E-state index contributed by atoms with van der Waals surface area (Å²) in [6.07, 6.45) is 0. The normalized spacial score (nSPS) is 10.5. The maximum absolute atomic E-state index is 12.2. The van der Waals surface area contributed by atoms with Crippen molar-refractivity contribution in [3.63, 3.8) is 0 Å². The number of nitrogens with zero attached hydrogens (tertiary/aromatic N) is 4. The summed E-state index contributed by atoms with van der Waals surface area (Å²) in [6, 6.07) is 18.9. The summed E-state index contributed by atoms with van der Waals surface area (Å²) in [7, 11) is 1.82. The molecule has 104 valence electrons. The topological polar surface area (TPSA) is 51.7 Å². The molecule has 0 aliphatic carbocycles. The number of carbonyl (C=O) groups excluding carboxylic acids is 1. The highest BCUT2D eigenvalue weighted by Gasteiger charge is 2.20. The molecule has 21 heavy (non-hydrogen) atoms. The van der Waals surface area contributed by atoms with E-state index in [0.29, 0.717) is 5.56 Å². The third-order valence-electron chi connectivity index (χ3n) is 3.17. The van der Waals surface area contributed by atoms with Crippen LogP contribution in [-0.4, -0.2) is 20.9 Å². The molecular formula is C16H15N4O+. The molecule has 0 saturated heterocycles. The van der Waals surface area contributed by atoms with Crippen molar-refractivity contribution in [1.82, 2.24) is 15.1 Å². The minimum absolute atomic E-state index is 0.00851. The van der Waals surface area contributed by atoms with Crippen LogP contribution in [-0.2, 0) is 13.6 Å². The SMILES string of the molecule is C[n+]1nn(CC(=O)c2ccccc2)nc1-c1ccccc1. The van der Waals surface area contributed by atoms with Crippen LogP contribution in [0.3, 0.4) is 0 Å². The summed E-state index contributed by atoms with van der Waals surface area (Å²) >= 11 is 0. The van der Waals surface area contributed by atoms with Crippen LogP contribution in [0.5, 0.6) is 0 Å². The summed E-state index contributed by atoms with van der Waals surface area (Å²) in [5.41, 5.74) is 1.64. The van der Waals surface area contributed by atoms with E-state index >= 15 is 0 Å². The third kappa shape index (κ3) is 2.86. The number of ketones is 1. The summed E-state index contributed by atoms with van der Waals surface area (Å²) < 4.78 is 1.67. The van der Waals surface area contributed by atoms with Gasteiger partial charge in [-0.1, -0.05) is 48.5 Å². The summed E-state index contributed by atoms with van der Waals surface area (Å²) in [5, 5.41) is 8.65. The highest BCUT2D eigenvalue weighted by molar-refractivity contribution is 5.95. The molecule has 0 amide bonds. The van der Waals surface area contributed by atoms with Gasteiger partial charge >= 0.3 is 5.82 Å². The van der Waals surface area contributed by atoms with Gasteiger partial charge in [0.25, 0.3) is 0 Å². The Morgan fingerprint density at radius 1 is 1.05 bits per heavy atom. The van der Waals surface area contributed by atoms with Crippen LogP contribution in [0, 0.1) is 0 Å². The zero-order valence-electron chi connectivity index (χ0n) is 11.7. The van der Waals surface area contributed by atoms with Crippen LogP contribution in [0.1, 0.15) is 10.4 Å². The maximum atomic E-state index is 12.2. The standard InChI is InChI=1S/C16H15N4O/c1-19-16(14-10-6-3-7-11-14)17-20(18-19)12-15(21)13-8-4-2-5-9-13/h2-11H,12H2,1H3/q+1. The highest BCUT2D eigenvalue weighted by Crippen LogP contribution is 2.10. The zero-order valence-corrected chi connectivity index (χ0v) is 11.7. The Hall–Kier alpha value is -2.82. The fourth-order valence-corrected chi connectivity index (χ4v) is 2.13. The van der Waals surface area contributed by atoms with Gasteiger partial charge < -0.3 is 0 Å². The lowest BCUT2D eigenvalue weighted by Crippen LogP contribution is -2.33. The molecule has 0 bridgehead atoms. The van der Waals surface area contributed by atoms with E-state index in [-0.39, 0.29) is 12.3 Å². The second kappa shape index (κ2) is 5.66. The Bertz CT molecular complexity index is 750. The zero-order chi connectivity index (χ0) is 14.7. The van der Waals surface area contributed by atoms with E-state index in [1.165, 1.54) is 4.80 Å². The van der Waals surface area contributed by atoms with Crippen molar-refractivity contribution < 1.29 is 9.48 Å². The number of tetrazole rings is 1. The van der Waals surface area contributed by atoms with Crippen molar-refractivity contribution in [3.8, 4) is 11.4 Å². The quantitative estimate of drug-likeness (QED) is 0.539. The highest BCUT2D eigenvalue weighted by atomic mass is 16.1. The molecule has 0 N–H and O–H groups in total. The van der Waals surface area contributed by atoms with Crippen molar-refractivity contribution in [2.75, 3.05) is 0 Å². The molecule has 0 fully saturated rings. The molecule has 0 atom stereocenters. The van der Waals surface area contributed by atoms with E-state index in [1.807, 2.05) is 55.6 Å². The van der Waals surface area contributed by atoms with Crippen LogP contribution in [0.25, 0.3) is 11.4 Å². The largest absolute Gasteiger partial charge is 0.329 e. The maximum Gasteiger partial charge on any atom is 0.329 e. The van der Waals surface area contributed by atoms with E-state index in [1.54, 1.807) is 16.8 Å². The van der Waals surface area contributed by atoms with Crippen molar-refractivity contribution in [3.05, 3.63) is 66.2 Å². The number of Topliss-reactive ketones (excluding diaryl/α,β-unsaturated/α-hetero) is 1. The van der Waals surface area contributed by atoms with Gasteiger partial charge in [0.05, 0.1) is 22.9 Å². The second-order valence-electron chi connectivity index (χ2n) is 4.72. The molecule has 0 radical (unpaired) electrons. The van der Waals surface area contributed by atoms with Gasteiger partial charge in [-0.2, -0.15) is 0 Å². The van der Waals surface area contributed by atoms with E-state index < -0.39 is 0 Å². The molecule has 0 unspecified atom stereocenters. The fourth-order valence-electron chi connectivity index (χ4n) is 2.13. The van der Waals surface area contributed by atoms with Gasteiger partial charge in [0.2, 0.25) is 5.78 Å². The molecule has 3 aromatic rings. The first-order chi connectivity index (χ1) is 10.2. The van der Waals surface area contributed by atoms with Gasteiger partial charge in [-0.25, -0.2) is 0 Å². The van der Waals surface area contributed by atoms with Gasteiger partial charge in [-0.15, -0.1) is 4.68 Å². The molecule has 3 rings (SSSR count). The lowest BCUT2D eigenvalue weighted by atomic mass is 10.1. The predicted molar refractivity (Wildman–Crippen MR) is 77.4 cm³/mol. The molecule has 1 heterocycles. The average molecular weight is 279 g/mol. The number of aromatic nitrogens is 4. The first kappa shape index (κ1) is 13.2. The predicted octanol–water partition coefficient (Wildman–Crippen LogP) is 1.65. The first-order valence-electron chi connectivity index (χ1n) is 6.69. The first-order valence-corrected chi connectivity index (χ1v) is 6.69. The number of aryl methyl sites for hydroxylation is 1. The Morgan fingerprint density at radius 2 is 1.67 bits per heavy atom. The van der Waals surface area contributed by atoms with Crippen molar-refractivity contribution in [1.29, 1.82) is 0 Å². The molecule has 0 aliphatic rings. The molecule has 0 aliphatic heterocycles. The van der Waals surface area contributed by atoms with Crippen LogP contribution in [0.4, 0.5) is 0 Å². The van der Waals surface area contributed by atoms with Crippen molar-refractivity contribution in [2.24, 2.45) is 7.05 Å². The lowest BCUT2D eigenvalue weighted by molar-refractivity contribution is -0.722. The van der Waals surface area contributed by atoms with Gasteiger partial charge in [-0.05, 0) is 16.9 Å². The minimum atomic E-state index is -0.00851. The van der Waals surface area contributed by atoms with Crippen molar-refractivity contribution >= 4 is 5.78 Å². The van der Waals surface area contributed by atoms with Gasteiger partial charge in [0.15, 0.2) is 6.54 Å².